The molecule has 1 aromatic heterocycles. The van der Waals surface area contributed by atoms with Gasteiger partial charge < -0.3 is 14.9 Å². The van der Waals surface area contributed by atoms with Gasteiger partial charge in [0.15, 0.2) is 0 Å². The molecule has 17 heavy (non-hydrogen) atoms. The number of phosphoric ester groups is 1. The number of aryl methyl sites for hydroxylation is 1. The zero-order valence-electron chi connectivity index (χ0n) is 9.36. The van der Waals surface area contributed by atoms with E-state index in [-0.39, 0.29) is 12.4 Å². The third-order valence-corrected chi connectivity index (χ3v) is 2.47. The summed E-state index contributed by atoms with van der Waals surface area (Å²) in [5.41, 5.74) is 1.09. The first-order chi connectivity index (χ1) is 7.85. The summed E-state index contributed by atoms with van der Waals surface area (Å²) in [5.74, 6) is -0.0811. The molecule has 0 unspecified atom stereocenters. The van der Waals surface area contributed by atoms with Gasteiger partial charge in [-0.25, -0.2) is 4.57 Å². The highest BCUT2D eigenvalue weighted by atomic mass is 31.2. The van der Waals surface area contributed by atoms with E-state index in [1.807, 2.05) is 0 Å². The maximum atomic E-state index is 10.6. The van der Waals surface area contributed by atoms with Crippen LogP contribution < -0.4 is 0 Å². The Bertz CT molecular complexity index is 483. The highest BCUT2D eigenvalue weighted by molar-refractivity contribution is 7.46. The maximum Gasteiger partial charge on any atom is 0.469 e. The normalized spacial score (nSPS) is 12.2. The van der Waals surface area contributed by atoms with Gasteiger partial charge in [-0.2, -0.15) is 0 Å². The van der Waals surface area contributed by atoms with Crippen LogP contribution in [0.2, 0.25) is 0 Å². The predicted molar refractivity (Wildman–Crippen MR) is 61.0 cm³/mol. The van der Waals surface area contributed by atoms with E-state index in [0.29, 0.717) is 16.8 Å². The number of hydrogen-bond donors (Lipinski definition) is 3. The molecule has 0 saturated carbocycles. The number of phosphoric acid groups is 1. The molecule has 0 radical (unpaired) electrons. The molecule has 0 saturated heterocycles. The van der Waals surface area contributed by atoms with E-state index in [4.69, 9.17) is 9.79 Å². The van der Waals surface area contributed by atoms with Crippen molar-refractivity contribution in [2.75, 3.05) is 7.05 Å². The van der Waals surface area contributed by atoms with Crippen LogP contribution in [0.5, 0.6) is 5.75 Å². The summed E-state index contributed by atoms with van der Waals surface area (Å²) in [6.45, 7) is 1.25. The molecule has 7 nitrogen and oxygen atoms in total. The van der Waals surface area contributed by atoms with Crippen molar-refractivity contribution in [3.05, 3.63) is 23.0 Å². The van der Waals surface area contributed by atoms with Gasteiger partial charge >= 0.3 is 7.82 Å². The van der Waals surface area contributed by atoms with E-state index < -0.39 is 7.82 Å². The van der Waals surface area contributed by atoms with Crippen molar-refractivity contribution in [2.24, 2.45) is 4.99 Å². The SMILES string of the molecule is CN=Cc1c(COP(=O)(O)O)c[15n]c(C)c1O. The summed E-state index contributed by atoms with van der Waals surface area (Å²) in [5, 5.41) is 9.74. The topological polar surface area (TPSA) is 112 Å². The second-order valence-corrected chi connectivity index (χ2v) is 4.52. The molecule has 0 fully saturated rings. The van der Waals surface area contributed by atoms with Crippen molar-refractivity contribution in [3.8, 4) is 5.75 Å². The molecule has 0 aliphatic rings. The number of aliphatic imine (C=N–C) groups is 1. The minimum Gasteiger partial charge on any atom is -0.505 e. The number of pyridine rings is 1. The molecule has 0 aliphatic carbocycles. The van der Waals surface area contributed by atoms with Gasteiger partial charge in [-0.05, 0) is 6.92 Å². The number of aromatic nitrogens is 1. The van der Waals surface area contributed by atoms with Crippen LogP contribution in [0, 0.1) is 6.92 Å². The van der Waals surface area contributed by atoms with Gasteiger partial charge in [0.25, 0.3) is 0 Å². The fourth-order valence-corrected chi connectivity index (χ4v) is 1.50. The Hall–Kier alpha value is -1.27. The standard InChI is InChI=1S/C9H13N2O5P/c1-6-9(12)8(4-10-2)7(3-11-6)5-16-17(13,14)15/h3-4,12H,5H2,1-2H3,(H2,13,14,15)/i11+1. The molecule has 0 spiro atoms. The van der Waals surface area contributed by atoms with E-state index in [0.717, 1.165) is 0 Å². The first-order valence-electron chi connectivity index (χ1n) is 4.65. The molecular weight excluding hydrogens is 248 g/mol. The van der Waals surface area contributed by atoms with Crippen LogP contribution in [0.15, 0.2) is 11.2 Å². The lowest BCUT2D eigenvalue weighted by Crippen LogP contribution is -2.00. The Morgan fingerprint density at radius 1 is 1.59 bits per heavy atom. The molecule has 8 heteroatoms. The van der Waals surface area contributed by atoms with Crippen molar-refractivity contribution in [3.63, 3.8) is 0 Å². The molecule has 94 valence electrons. The Labute approximate surface area is 98.1 Å². The van der Waals surface area contributed by atoms with Gasteiger partial charge in [0.05, 0.1) is 12.3 Å². The third-order valence-electron chi connectivity index (χ3n) is 2.00. The summed E-state index contributed by atoms with van der Waals surface area (Å²) in [6.07, 6.45) is 2.75. The van der Waals surface area contributed by atoms with Gasteiger partial charge in [-0.3, -0.25) is 14.5 Å². The van der Waals surface area contributed by atoms with E-state index in [1.165, 1.54) is 19.5 Å². The fraction of sp³-hybridized carbons (Fsp3) is 0.333. The lowest BCUT2D eigenvalue weighted by atomic mass is 10.1. The van der Waals surface area contributed by atoms with Crippen LogP contribution in [0.4, 0.5) is 0 Å². The van der Waals surface area contributed by atoms with E-state index >= 15 is 0 Å². The van der Waals surface area contributed by atoms with E-state index in [9.17, 15) is 9.67 Å². The summed E-state index contributed by atoms with van der Waals surface area (Å²) in [7, 11) is -3.03. The smallest absolute Gasteiger partial charge is 0.469 e. The van der Waals surface area contributed by atoms with Gasteiger partial charge in [0.1, 0.15) is 5.75 Å². The van der Waals surface area contributed by atoms with Crippen LogP contribution in [0.25, 0.3) is 0 Å². The number of nitrogens with zero attached hydrogens (tertiary/aromatic N) is 2. The lowest BCUT2D eigenvalue weighted by Gasteiger charge is -2.10. The summed E-state index contributed by atoms with van der Waals surface area (Å²) in [4.78, 5) is 24.8. The molecule has 1 rings (SSSR count). The molecule has 1 aromatic rings. The Morgan fingerprint density at radius 3 is 2.76 bits per heavy atom. The lowest BCUT2D eigenvalue weighted by molar-refractivity contribution is 0.188. The number of rotatable bonds is 4. The van der Waals surface area contributed by atoms with Crippen molar-refractivity contribution in [1.82, 2.24) is 4.98 Å². The fourth-order valence-electron chi connectivity index (χ4n) is 1.19. The Kier molecular flexibility index (Phi) is 4.36. The van der Waals surface area contributed by atoms with Gasteiger partial charge in [-0.15, -0.1) is 0 Å². The van der Waals surface area contributed by atoms with Gasteiger partial charge in [0, 0.05) is 30.6 Å². The summed E-state index contributed by atoms with van der Waals surface area (Å²) < 4.78 is 14.9. The molecule has 0 atom stereocenters. The monoisotopic (exact) mass is 261 g/mol. The maximum absolute atomic E-state index is 10.6. The van der Waals surface area contributed by atoms with Gasteiger partial charge in [0.2, 0.25) is 0 Å². The molecule has 0 aromatic carbocycles. The zero-order valence-corrected chi connectivity index (χ0v) is 10.3. The average Bonchev–Trinajstić information content (AvgIpc) is 2.23. The highest BCUT2D eigenvalue weighted by Crippen LogP contribution is 2.37. The first-order valence-corrected chi connectivity index (χ1v) is 6.18. The quantitative estimate of drug-likeness (QED) is 0.544. The van der Waals surface area contributed by atoms with Crippen LogP contribution in [0.3, 0.4) is 0 Å². The summed E-state index contributed by atoms with van der Waals surface area (Å²) in [6, 6.07) is 0. The van der Waals surface area contributed by atoms with Crippen molar-refractivity contribution < 1.29 is 24.0 Å². The second-order valence-electron chi connectivity index (χ2n) is 3.28. The largest absolute Gasteiger partial charge is 0.505 e. The van der Waals surface area contributed by atoms with Crippen LogP contribution in [0.1, 0.15) is 16.8 Å². The van der Waals surface area contributed by atoms with Crippen molar-refractivity contribution in [2.45, 2.75) is 13.5 Å². The van der Waals surface area contributed by atoms with E-state index in [1.54, 1.807) is 6.92 Å². The van der Waals surface area contributed by atoms with E-state index in [2.05, 4.69) is 14.5 Å². The molecule has 0 bridgehead atoms. The summed E-state index contributed by atoms with van der Waals surface area (Å²) >= 11 is 0. The van der Waals surface area contributed by atoms with Gasteiger partial charge in [-0.1, -0.05) is 0 Å². The zero-order chi connectivity index (χ0) is 13.1. The highest BCUT2D eigenvalue weighted by Gasteiger charge is 2.17. The first kappa shape index (κ1) is 13.8. The molecule has 0 amide bonds. The van der Waals surface area contributed by atoms with Crippen LogP contribution in [-0.2, 0) is 15.7 Å². The Morgan fingerprint density at radius 2 is 2.24 bits per heavy atom. The predicted octanol–water partition coefficient (Wildman–Crippen LogP) is 0.754. The molecule has 1 heterocycles. The molecule has 3 N–H and O–H groups in total. The number of hydrogen-bond acceptors (Lipinski definition) is 5. The van der Waals surface area contributed by atoms with Crippen molar-refractivity contribution in [1.29, 1.82) is 0 Å². The van der Waals surface area contributed by atoms with Crippen LogP contribution in [-0.4, -0.2) is 33.1 Å². The van der Waals surface area contributed by atoms with Crippen molar-refractivity contribution >= 4 is 14.0 Å². The molecule has 0 aliphatic heterocycles. The number of aromatic hydroxyl groups is 1. The average molecular weight is 261 g/mol. The Balaban J connectivity index is 3.07. The molecular formula is C9H13N2O5P. The van der Waals surface area contributed by atoms with Crippen LogP contribution >= 0.6 is 7.82 Å². The minimum atomic E-state index is -4.55. The third kappa shape index (κ3) is 3.90. The second kappa shape index (κ2) is 5.37. The minimum absolute atomic E-state index is 0.0811.